The number of carbonyl (C=O) groups is 2. The Kier molecular flexibility index (Phi) is 10.1. The predicted molar refractivity (Wildman–Crippen MR) is 136 cm³/mol. The monoisotopic (exact) mass is 566 g/mol. The van der Waals surface area contributed by atoms with Gasteiger partial charge in [0.25, 0.3) is 0 Å². The Morgan fingerprint density at radius 3 is 2.05 bits per heavy atom. The molecule has 0 saturated carbocycles. The molecule has 0 aromatic heterocycles. The summed E-state index contributed by atoms with van der Waals surface area (Å²) < 4.78 is 58.2. The number of halogens is 3. The van der Waals surface area contributed by atoms with Crippen LogP contribution < -0.4 is 10.6 Å². The number of carbonyl (C=O) groups excluding carboxylic acids is 1. The van der Waals surface area contributed by atoms with Crippen LogP contribution >= 0.6 is 0 Å². The molecule has 0 spiro atoms. The van der Waals surface area contributed by atoms with E-state index in [1.807, 2.05) is 36.4 Å². The minimum absolute atomic E-state index is 0.110. The van der Waals surface area contributed by atoms with Gasteiger partial charge in [0.05, 0.1) is 17.0 Å². The van der Waals surface area contributed by atoms with E-state index in [1.54, 1.807) is 12.1 Å². The summed E-state index contributed by atoms with van der Waals surface area (Å²) in [7, 11) is -3.38. The Hall–Kier alpha value is -3.47. The van der Waals surface area contributed by atoms with Gasteiger partial charge in [-0.2, -0.15) is 22.7 Å². The van der Waals surface area contributed by atoms with Gasteiger partial charge in [-0.3, -0.25) is 4.79 Å². The van der Waals surface area contributed by atoms with Crippen molar-refractivity contribution in [1.82, 2.24) is 14.9 Å². The van der Waals surface area contributed by atoms with Crippen LogP contribution in [0.25, 0.3) is 11.1 Å². The Labute approximate surface area is 224 Å². The zero-order valence-corrected chi connectivity index (χ0v) is 21.8. The van der Waals surface area contributed by atoms with Crippen LogP contribution in [-0.4, -0.2) is 67.6 Å². The first kappa shape index (κ1) is 30.1. The normalized spacial score (nSPS) is 18.5. The molecule has 4 rings (SSSR count). The van der Waals surface area contributed by atoms with Gasteiger partial charge in [-0.25, -0.2) is 13.2 Å². The van der Waals surface area contributed by atoms with E-state index in [9.17, 15) is 31.6 Å². The minimum Gasteiger partial charge on any atom is -0.475 e. The minimum atomic E-state index is -5.08. The lowest BCUT2D eigenvalue weighted by atomic mass is 10.00. The molecule has 0 unspecified atom stereocenters. The lowest BCUT2D eigenvalue weighted by Crippen LogP contribution is -2.49. The fourth-order valence-electron chi connectivity index (χ4n) is 4.04. The van der Waals surface area contributed by atoms with Crippen molar-refractivity contribution < 1.29 is 36.3 Å². The maximum absolute atomic E-state index is 12.5. The van der Waals surface area contributed by atoms with Gasteiger partial charge < -0.3 is 15.7 Å². The molecular formula is C26H29F3N4O5S. The highest BCUT2D eigenvalue weighted by molar-refractivity contribution is 7.89. The Balaban J connectivity index is 0.000000532. The van der Waals surface area contributed by atoms with E-state index in [4.69, 9.17) is 9.90 Å². The molecule has 2 aliphatic rings. The van der Waals surface area contributed by atoms with Crippen LogP contribution in [0, 0.1) is 11.3 Å². The number of rotatable bonds is 7. The number of hydrogen-bond donors (Lipinski definition) is 3. The van der Waals surface area contributed by atoms with Crippen LogP contribution in [0.15, 0.2) is 53.4 Å². The molecule has 2 aliphatic heterocycles. The van der Waals surface area contributed by atoms with Gasteiger partial charge in [0.2, 0.25) is 15.9 Å². The first-order valence-corrected chi connectivity index (χ1v) is 13.8. The molecule has 13 heteroatoms. The summed E-state index contributed by atoms with van der Waals surface area (Å²) in [4.78, 5) is 21.6. The van der Waals surface area contributed by atoms with E-state index in [0.717, 1.165) is 48.9 Å². The zero-order chi connectivity index (χ0) is 28.6. The highest BCUT2D eigenvalue weighted by atomic mass is 32.2. The second kappa shape index (κ2) is 13.1. The van der Waals surface area contributed by atoms with Crippen molar-refractivity contribution in [3.8, 4) is 17.2 Å². The number of amides is 1. The Morgan fingerprint density at radius 1 is 1.05 bits per heavy atom. The maximum Gasteiger partial charge on any atom is 0.490 e. The molecule has 2 fully saturated rings. The van der Waals surface area contributed by atoms with Gasteiger partial charge in [-0.05, 0) is 54.6 Å². The zero-order valence-electron chi connectivity index (χ0n) is 20.9. The van der Waals surface area contributed by atoms with Crippen molar-refractivity contribution in [2.24, 2.45) is 0 Å². The molecule has 2 saturated heterocycles. The van der Waals surface area contributed by atoms with Gasteiger partial charge in [-0.15, -0.1) is 0 Å². The third kappa shape index (κ3) is 8.26. The maximum atomic E-state index is 12.5. The van der Waals surface area contributed by atoms with Gasteiger partial charge >= 0.3 is 12.1 Å². The van der Waals surface area contributed by atoms with Gasteiger partial charge in [0, 0.05) is 19.5 Å². The van der Waals surface area contributed by atoms with E-state index in [1.165, 1.54) is 4.31 Å². The number of aliphatic carboxylic acids is 1. The van der Waals surface area contributed by atoms with Crippen LogP contribution in [0.4, 0.5) is 13.2 Å². The van der Waals surface area contributed by atoms with Crippen molar-refractivity contribution in [3.63, 3.8) is 0 Å². The van der Waals surface area contributed by atoms with Crippen LogP contribution in [0.5, 0.6) is 0 Å². The molecule has 39 heavy (non-hydrogen) atoms. The summed E-state index contributed by atoms with van der Waals surface area (Å²) in [6.45, 7) is 2.02. The number of sulfonamides is 1. The summed E-state index contributed by atoms with van der Waals surface area (Å²) in [5.41, 5.74) is 2.84. The number of nitriles is 1. The number of piperidine rings is 1. The van der Waals surface area contributed by atoms with E-state index in [2.05, 4.69) is 16.7 Å². The van der Waals surface area contributed by atoms with E-state index < -0.39 is 28.2 Å². The number of hydrogen-bond acceptors (Lipinski definition) is 6. The standard InChI is InChI=1S/C24H28N4O3S.C2HF3O2/c25-17-21(27-24(29)23-4-1-2-13-26-23)16-18-5-7-19(8-6-18)20-9-11-22(12-10-20)32(30,31)28-14-3-15-28;3-2(4,5)1(6)7/h5-12,21,23,26H,1-4,13-16H2,(H,27,29);(H,6,7)/t21-,23-;/m0./s1. The number of nitrogens with one attached hydrogen (secondary N) is 2. The summed E-state index contributed by atoms with van der Waals surface area (Å²) in [5, 5.41) is 22.7. The second-order valence-corrected chi connectivity index (χ2v) is 11.1. The van der Waals surface area contributed by atoms with Crippen LogP contribution in [-0.2, 0) is 26.0 Å². The quantitative estimate of drug-likeness (QED) is 0.468. The van der Waals surface area contributed by atoms with Crippen molar-refractivity contribution in [2.75, 3.05) is 19.6 Å². The number of alkyl halides is 3. The fourth-order valence-corrected chi connectivity index (χ4v) is 5.56. The molecule has 2 aromatic carbocycles. The Morgan fingerprint density at radius 2 is 1.62 bits per heavy atom. The second-order valence-electron chi connectivity index (χ2n) is 9.18. The number of carboxylic acid groups (broad SMARTS) is 1. The van der Waals surface area contributed by atoms with Gasteiger partial charge in [0.15, 0.2) is 0 Å². The molecule has 0 bridgehead atoms. The summed E-state index contributed by atoms with van der Waals surface area (Å²) in [6, 6.07) is 16.1. The van der Waals surface area contributed by atoms with Crippen molar-refractivity contribution in [3.05, 3.63) is 54.1 Å². The highest BCUT2D eigenvalue weighted by Gasteiger charge is 2.38. The average Bonchev–Trinajstić information content (AvgIpc) is 2.88. The van der Waals surface area contributed by atoms with Crippen molar-refractivity contribution in [1.29, 1.82) is 5.26 Å². The number of carboxylic acids is 1. The molecule has 9 nitrogen and oxygen atoms in total. The van der Waals surface area contributed by atoms with Gasteiger partial charge in [0.1, 0.15) is 6.04 Å². The van der Waals surface area contributed by atoms with Crippen molar-refractivity contribution >= 4 is 21.9 Å². The predicted octanol–water partition coefficient (Wildman–Crippen LogP) is 3.07. The van der Waals surface area contributed by atoms with Crippen LogP contribution in [0.1, 0.15) is 31.2 Å². The van der Waals surface area contributed by atoms with Gasteiger partial charge in [-0.1, -0.05) is 42.8 Å². The largest absolute Gasteiger partial charge is 0.490 e. The molecule has 2 atom stereocenters. The molecular weight excluding hydrogens is 537 g/mol. The first-order chi connectivity index (χ1) is 18.4. The summed E-state index contributed by atoms with van der Waals surface area (Å²) in [5.74, 6) is -2.87. The first-order valence-electron chi connectivity index (χ1n) is 12.3. The highest BCUT2D eigenvalue weighted by Crippen LogP contribution is 2.25. The average molecular weight is 567 g/mol. The van der Waals surface area contributed by atoms with Crippen molar-refractivity contribution in [2.45, 2.75) is 55.3 Å². The topological polar surface area (TPSA) is 140 Å². The number of benzene rings is 2. The molecule has 2 heterocycles. The summed E-state index contributed by atoms with van der Waals surface area (Å²) >= 11 is 0. The molecule has 0 radical (unpaired) electrons. The smallest absolute Gasteiger partial charge is 0.475 e. The summed E-state index contributed by atoms with van der Waals surface area (Å²) in [6.07, 6.45) is -0.833. The third-order valence-corrected chi connectivity index (χ3v) is 8.29. The van der Waals surface area contributed by atoms with E-state index in [0.29, 0.717) is 24.4 Å². The molecule has 0 aliphatic carbocycles. The lowest BCUT2D eigenvalue weighted by molar-refractivity contribution is -0.192. The van der Waals surface area contributed by atoms with Crippen LogP contribution in [0.2, 0.25) is 0 Å². The molecule has 2 aromatic rings. The fraction of sp³-hybridized carbons (Fsp3) is 0.423. The molecule has 3 N–H and O–H groups in total. The Bertz CT molecular complexity index is 1280. The van der Waals surface area contributed by atoms with E-state index >= 15 is 0 Å². The van der Waals surface area contributed by atoms with E-state index in [-0.39, 0.29) is 11.9 Å². The molecule has 210 valence electrons. The third-order valence-electron chi connectivity index (χ3n) is 6.38. The molecule has 1 amide bonds. The number of nitrogens with zero attached hydrogens (tertiary/aromatic N) is 2. The lowest BCUT2D eigenvalue weighted by Gasteiger charge is -2.29. The van der Waals surface area contributed by atoms with Crippen LogP contribution in [0.3, 0.4) is 0 Å². The SMILES string of the molecule is N#C[C@H](Cc1ccc(-c2ccc(S(=O)(=O)N3CCC3)cc2)cc1)NC(=O)[C@@H]1CCCCN1.O=C(O)C(F)(F)F.